The molecule has 0 radical (unpaired) electrons. The number of hydrogen-bond acceptors (Lipinski definition) is 1. The minimum absolute atomic E-state index is 0.0786. The molecule has 112 valence electrons. The zero-order valence-corrected chi connectivity index (χ0v) is 13.3. The van der Waals surface area contributed by atoms with Crippen LogP contribution in [0.4, 0.5) is 4.39 Å². The second-order valence-electron chi connectivity index (χ2n) is 6.20. The molecule has 0 amide bonds. The van der Waals surface area contributed by atoms with Crippen LogP contribution in [0.2, 0.25) is 0 Å². The van der Waals surface area contributed by atoms with Crippen molar-refractivity contribution in [2.75, 3.05) is 7.05 Å². The summed E-state index contributed by atoms with van der Waals surface area (Å²) in [6.07, 6.45) is 0.952. The van der Waals surface area contributed by atoms with Crippen LogP contribution in [0.5, 0.6) is 0 Å². The summed E-state index contributed by atoms with van der Waals surface area (Å²) < 4.78 is 13.1. The number of halogens is 1. The van der Waals surface area contributed by atoms with E-state index in [2.05, 4.69) is 50.4 Å². The second-order valence-corrected chi connectivity index (χ2v) is 6.20. The summed E-state index contributed by atoms with van der Waals surface area (Å²) >= 11 is 0. The molecule has 0 aliphatic carbocycles. The number of hydrogen-bond donors (Lipinski definition) is 1. The number of likely N-dealkylation sites (N-methyl/N-ethyl adjacent to an activating group) is 1. The average molecular weight is 285 g/mol. The van der Waals surface area contributed by atoms with Crippen molar-refractivity contribution in [1.82, 2.24) is 5.32 Å². The first-order valence-corrected chi connectivity index (χ1v) is 7.43. The smallest absolute Gasteiger partial charge is 0.123 e. The Bertz CT molecular complexity index is 587. The molecule has 0 fully saturated rings. The lowest BCUT2D eigenvalue weighted by Crippen LogP contribution is -2.44. The summed E-state index contributed by atoms with van der Waals surface area (Å²) in [6.45, 7) is 6.56. The van der Waals surface area contributed by atoms with Gasteiger partial charge in [0.05, 0.1) is 0 Å². The lowest BCUT2D eigenvalue weighted by molar-refractivity contribution is 0.356. The first-order valence-electron chi connectivity index (χ1n) is 7.43. The van der Waals surface area contributed by atoms with Crippen LogP contribution in [0.3, 0.4) is 0 Å². The van der Waals surface area contributed by atoms with E-state index in [1.54, 1.807) is 0 Å². The summed E-state index contributed by atoms with van der Waals surface area (Å²) in [5.74, 6) is -0.186. The Kier molecular flexibility index (Phi) is 4.79. The van der Waals surface area contributed by atoms with Crippen LogP contribution in [0.1, 0.15) is 30.5 Å². The number of benzene rings is 2. The third-order valence-electron chi connectivity index (χ3n) is 4.49. The van der Waals surface area contributed by atoms with Gasteiger partial charge in [0.25, 0.3) is 0 Å². The molecule has 0 heterocycles. The van der Waals surface area contributed by atoms with Gasteiger partial charge in [0.15, 0.2) is 0 Å². The number of aryl methyl sites for hydroxylation is 1. The molecule has 0 saturated carbocycles. The lowest BCUT2D eigenvalue weighted by Gasteiger charge is -2.35. The monoisotopic (exact) mass is 285 g/mol. The van der Waals surface area contributed by atoms with E-state index in [0.717, 1.165) is 12.0 Å². The van der Waals surface area contributed by atoms with E-state index in [9.17, 15) is 4.39 Å². The van der Waals surface area contributed by atoms with Crippen molar-refractivity contribution in [3.63, 3.8) is 0 Å². The first-order chi connectivity index (χ1) is 9.95. The summed E-state index contributed by atoms with van der Waals surface area (Å²) in [7, 11) is 1.99. The number of nitrogens with one attached hydrogen (secondary N) is 1. The van der Waals surface area contributed by atoms with Gasteiger partial charge in [0, 0.05) is 11.5 Å². The van der Waals surface area contributed by atoms with E-state index >= 15 is 0 Å². The Balaban J connectivity index is 2.27. The lowest BCUT2D eigenvalue weighted by atomic mass is 9.75. The standard InChI is InChI=1S/C19H24FN/c1-14-7-5-6-8-15(14)13-18(21-4)19(2,3)16-9-11-17(20)12-10-16/h5-12,18,21H,13H2,1-4H3. The van der Waals surface area contributed by atoms with Crippen LogP contribution >= 0.6 is 0 Å². The topological polar surface area (TPSA) is 12.0 Å². The van der Waals surface area contributed by atoms with Crippen molar-refractivity contribution >= 4 is 0 Å². The van der Waals surface area contributed by atoms with Crippen LogP contribution in [-0.2, 0) is 11.8 Å². The van der Waals surface area contributed by atoms with Crippen molar-refractivity contribution in [1.29, 1.82) is 0 Å². The van der Waals surface area contributed by atoms with Gasteiger partial charge in [0.2, 0.25) is 0 Å². The maximum atomic E-state index is 13.1. The van der Waals surface area contributed by atoms with Crippen LogP contribution in [0.15, 0.2) is 48.5 Å². The van der Waals surface area contributed by atoms with E-state index in [4.69, 9.17) is 0 Å². The molecule has 2 aromatic rings. The van der Waals surface area contributed by atoms with Crippen molar-refractivity contribution in [3.05, 3.63) is 71.0 Å². The van der Waals surface area contributed by atoms with Gasteiger partial charge in [-0.2, -0.15) is 0 Å². The van der Waals surface area contributed by atoms with E-state index in [-0.39, 0.29) is 17.3 Å². The zero-order valence-electron chi connectivity index (χ0n) is 13.3. The summed E-state index contributed by atoms with van der Waals surface area (Å²) in [5, 5.41) is 3.44. The van der Waals surface area contributed by atoms with Gasteiger partial charge >= 0.3 is 0 Å². The van der Waals surface area contributed by atoms with Gasteiger partial charge < -0.3 is 5.32 Å². The van der Waals surface area contributed by atoms with Crippen molar-refractivity contribution in [2.45, 2.75) is 38.6 Å². The molecule has 0 aliphatic rings. The third kappa shape index (κ3) is 3.51. The van der Waals surface area contributed by atoms with Crippen molar-refractivity contribution in [3.8, 4) is 0 Å². The molecule has 1 atom stereocenters. The molecule has 1 nitrogen and oxygen atoms in total. The summed E-state index contributed by atoms with van der Waals surface area (Å²) in [5.41, 5.74) is 3.74. The fourth-order valence-electron chi connectivity index (χ4n) is 2.86. The minimum Gasteiger partial charge on any atom is -0.316 e. The van der Waals surface area contributed by atoms with Crippen LogP contribution < -0.4 is 5.32 Å². The van der Waals surface area contributed by atoms with Gasteiger partial charge in [-0.25, -0.2) is 4.39 Å². The van der Waals surface area contributed by atoms with Gasteiger partial charge in [-0.3, -0.25) is 0 Å². The van der Waals surface area contributed by atoms with Gasteiger partial charge in [-0.15, -0.1) is 0 Å². The van der Waals surface area contributed by atoms with Crippen LogP contribution in [0.25, 0.3) is 0 Å². The highest BCUT2D eigenvalue weighted by atomic mass is 19.1. The average Bonchev–Trinajstić information content (AvgIpc) is 2.46. The Hall–Kier alpha value is -1.67. The normalized spacial score (nSPS) is 13.2. The van der Waals surface area contributed by atoms with Crippen LogP contribution in [0, 0.1) is 12.7 Å². The fraction of sp³-hybridized carbons (Fsp3) is 0.368. The molecule has 1 unspecified atom stereocenters. The summed E-state index contributed by atoms with van der Waals surface area (Å²) in [6, 6.07) is 15.6. The highest BCUT2D eigenvalue weighted by Gasteiger charge is 2.30. The molecular weight excluding hydrogens is 261 g/mol. The maximum absolute atomic E-state index is 13.1. The zero-order chi connectivity index (χ0) is 15.5. The molecule has 0 bridgehead atoms. The Morgan fingerprint density at radius 3 is 2.24 bits per heavy atom. The molecule has 2 aromatic carbocycles. The van der Waals surface area contributed by atoms with E-state index in [1.165, 1.54) is 23.3 Å². The molecule has 1 N–H and O–H groups in total. The van der Waals surface area contributed by atoms with Gasteiger partial charge in [-0.05, 0) is 49.2 Å². The van der Waals surface area contributed by atoms with E-state index in [0.29, 0.717) is 0 Å². The SMILES string of the molecule is CNC(Cc1ccccc1C)C(C)(C)c1ccc(F)cc1. The maximum Gasteiger partial charge on any atom is 0.123 e. The predicted molar refractivity (Wildman–Crippen MR) is 87.2 cm³/mol. The quantitative estimate of drug-likeness (QED) is 0.866. The molecule has 2 rings (SSSR count). The third-order valence-corrected chi connectivity index (χ3v) is 4.49. The first kappa shape index (κ1) is 15.7. The molecule has 0 spiro atoms. The Morgan fingerprint density at radius 2 is 1.67 bits per heavy atom. The van der Waals surface area contributed by atoms with Gasteiger partial charge in [-0.1, -0.05) is 50.2 Å². The summed E-state index contributed by atoms with van der Waals surface area (Å²) in [4.78, 5) is 0. The molecule has 0 aliphatic heterocycles. The number of rotatable bonds is 5. The largest absolute Gasteiger partial charge is 0.316 e. The minimum atomic E-state index is -0.186. The van der Waals surface area contributed by atoms with E-state index in [1.807, 2.05) is 19.2 Å². The van der Waals surface area contributed by atoms with Gasteiger partial charge in [0.1, 0.15) is 5.82 Å². The molecular formula is C19H24FN. The molecule has 0 saturated heterocycles. The molecule has 21 heavy (non-hydrogen) atoms. The molecule has 2 heteroatoms. The fourth-order valence-corrected chi connectivity index (χ4v) is 2.86. The van der Waals surface area contributed by atoms with E-state index < -0.39 is 0 Å². The molecule has 0 aromatic heterocycles. The van der Waals surface area contributed by atoms with Crippen molar-refractivity contribution < 1.29 is 4.39 Å². The Morgan fingerprint density at radius 1 is 1.05 bits per heavy atom. The highest BCUT2D eigenvalue weighted by Crippen LogP contribution is 2.29. The predicted octanol–water partition coefficient (Wildman–Crippen LogP) is 4.24. The Labute approximate surface area is 127 Å². The highest BCUT2D eigenvalue weighted by molar-refractivity contribution is 5.31. The second kappa shape index (κ2) is 6.40. The van der Waals surface area contributed by atoms with Crippen LogP contribution in [-0.4, -0.2) is 13.1 Å². The van der Waals surface area contributed by atoms with Crippen molar-refractivity contribution in [2.24, 2.45) is 0 Å².